The van der Waals surface area contributed by atoms with E-state index in [0.29, 0.717) is 47.8 Å². The number of para-hydroxylation sites is 1. The second-order valence-electron chi connectivity index (χ2n) is 8.64. The highest BCUT2D eigenvalue weighted by atomic mass is 16.5. The first-order valence-electron chi connectivity index (χ1n) is 12.0. The van der Waals surface area contributed by atoms with Crippen molar-refractivity contribution in [1.82, 2.24) is 4.90 Å². The Morgan fingerprint density at radius 2 is 1.57 bits per heavy atom. The first kappa shape index (κ1) is 24.1. The van der Waals surface area contributed by atoms with Crippen molar-refractivity contribution >= 4 is 35.0 Å². The smallest absolute Gasteiger partial charge is 0.265 e. The summed E-state index contributed by atoms with van der Waals surface area (Å²) < 4.78 is 11.3. The van der Waals surface area contributed by atoms with Crippen molar-refractivity contribution in [2.24, 2.45) is 0 Å². The van der Waals surface area contributed by atoms with Gasteiger partial charge < -0.3 is 19.7 Å². The zero-order valence-electron chi connectivity index (χ0n) is 20.0. The molecule has 3 aromatic rings. The van der Waals surface area contributed by atoms with E-state index >= 15 is 0 Å². The van der Waals surface area contributed by atoms with E-state index in [9.17, 15) is 19.2 Å². The Morgan fingerprint density at radius 3 is 2.30 bits per heavy atom. The molecule has 0 spiro atoms. The van der Waals surface area contributed by atoms with Gasteiger partial charge in [0.25, 0.3) is 17.7 Å². The molecule has 5 rings (SSSR count). The molecule has 188 valence electrons. The summed E-state index contributed by atoms with van der Waals surface area (Å²) >= 11 is 0. The summed E-state index contributed by atoms with van der Waals surface area (Å²) in [7, 11) is 0. The summed E-state index contributed by atoms with van der Waals surface area (Å²) in [4.78, 5) is 52.9. The van der Waals surface area contributed by atoms with Crippen molar-refractivity contribution in [2.45, 2.75) is 12.8 Å². The largest absolute Gasteiger partial charge is 0.494 e. The van der Waals surface area contributed by atoms with Crippen LogP contribution in [0.1, 0.15) is 33.6 Å². The van der Waals surface area contributed by atoms with E-state index in [1.54, 1.807) is 47.4 Å². The van der Waals surface area contributed by atoms with Gasteiger partial charge in [0.1, 0.15) is 11.5 Å². The number of hydrogen-bond donors (Lipinski definition) is 1. The van der Waals surface area contributed by atoms with E-state index in [4.69, 9.17) is 9.47 Å². The lowest BCUT2D eigenvalue weighted by Crippen LogP contribution is -2.39. The van der Waals surface area contributed by atoms with Crippen LogP contribution in [0.15, 0.2) is 72.8 Å². The molecule has 0 aliphatic carbocycles. The minimum absolute atomic E-state index is 0.0295. The van der Waals surface area contributed by atoms with Gasteiger partial charge >= 0.3 is 0 Å². The fourth-order valence-corrected chi connectivity index (χ4v) is 4.33. The molecular weight excluding hydrogens is 474 g/mol. The Balaban J connectivity index is 1.18. The lowest BCUT2D eigenvalue weighted by atomic mass is 10.1. The molecule has 0 unspecified atom stereocenters. The molecule has 0 radical (unpaired) electrons. The van der Waals surface area contributed by atoms with Gasteiger partial charge in [0, 0.05) is 25.2 Å². The lowest BCUT2D eigenvalue weighted by molar-refractivity contribution is -0.121. The van der Waals surface area contributed by atoms with Crippen molar-refractivity contribution in [3.05, 3.63) is 83.9 Å². The van der Waals surface area contributed by atoms with Gasteiger partial charge in [-0.25, -0.2) is 0 Å². The fourth-order valence-electron chi connectivity index (χ4n) is 4.33. The highest BCUT2D eigenvalue weighted by Crippen LogP contribution is 2.35. The number of benzene rings is 3. The predicted octanol–water partition coefficient (Wildman–Crippen LogP) is 3.51. The predicted molar refractivity (Wildman–Crippen MR) is 136 cm³/mol. The molecule has 37 heavy (non-hydrogen) atoms. The summed E-state index contributed by atoms with van der Waals surface area (Å²) in [5.41, 5.74) is 1.74. The third kappa shape index (κ3) is 5.16. The van der Waals surface area contributed by atoms with Crippen LogP contribution in [-0.2, 0) is 9.59 Å². The molecule has 0 fully saturated rings. The monoisotopic (exact) mass is 499 g/mol. The standard InChI is InChI=1S/C28H25N3O6/c32-25(13-15-31-27(34)21-9-4-5-10-22(21)28(31)35)29-19-11-12-24-23(17-19)30(26(33)18-37-24)14-6-16-36-20-7-2-1-3-8-20/h1-5,7-12,17H,6,13-16,18H2,(H,29,32). The molecule has 0 aromatic heterocycles. The number of nitrogens with one attached hydrogen (secondary N) is 1. The van der Waals surface area contributed by atoms with E-state index in [-0.39, 0.29) is 31.4 Å². The topological polar surface area (TPSA) is 105 Å². The number of carbonyl (C=O) groups excluding carboxylic acids is 4. The lowest BCUT2D eigenvalue weighted by Gasteiger charge is -2.30. The molecule has 9 heteroatoms. The van der Waals surface area contributed by atoms with E-state index in [0.717, 1.165) is 10.6 Å². The summed E-state index contributed by atoms with van der Waals surface area (Å²) in [5.74, 6) is -0.0202. The third-order valence-electron chi connectivity index (χ3n) is 6.16. The Bertz CT molecular complexity index is 1320. The summed E-state index contributed by atoms with van der Waals surface area (Å²) in [5, 5.41) is 2.78. The van der Waals surface area contributed by atoms with Crippen LogP contribution in [0.25, 0.3) is 0 Å². The number of rotatable bonds is 9. The summed E-state index contributed by atoms with van der Waals surface area (Å²) in [6.07, 6.45) is 0.551. The second kappa shape index (κ2) is 10.5. The zero-order valence-corrected chi connectivity index (χ0v) is 20.0. The normalized spacial score (nSPS) is 14.2. The van der Waals surface area contributed by atoms with Crippen LogP contribution in [0, 0.1) is 0 Å². The highest BCUT2D eigenvalue weighted by Gasteiger charge is 2.35. The first-order valence-corrected chi connectivity index (χ1v) is 12.0. The maximum Gasteiger partial charge on any atom is 0.265 e. The molecule has 0 saturated heterocycles. The molecule has 9 nitrogen and oxygen atoms in total. The maximum absolute atomic E-state index is 12.6. The van der Waals surface area contributed by atoms with Crippen LogP contribution in [-0.4, -0.2) is 54.8 Å². The van der Waals surface area contributed by atoms with Crippen molar-refractivity contribution in [2.75, 3.05) is 36.5 Å². The Morgan fingerprint density at radius 1 is 0.865 bits per heavy atom. The average Bonchev–Trinajstić information content (AvgIpc) is 3.16. The molecule has 3 aromatic carbocycles. The fraction of sp³-hybridized carbons (Fsp3) is 0.214. The average molecular weight is 500 g/mol. The maximum atomic E-state index is 12.6. The van der Waals surface area contributed by atoms with Crippen LogP contribution < -0.4 is 19.7 Å². The van der Waals surface area contributed by atoms with Gasteiger partial charge in [0.05, 0.1) is 23.4 Å². The SMILES string of the molecule is O=C(CCN1C(=O)c2ccccc2C1=O)Nc1ccc2c(c1)N(CCCOc1ccccc1)C(=O)CO2. The molecule has 0 atom stereocenters. The minimum atomic E-state index is -0.398. The van der Waals surface area contributed by atoms with Gasteiger partial charge in [-0.2, -0.15) is 0 Å². The second-order valence-corrected chi connectivity index (χ2v) is 8.64. The Labute approximate surface area is 213 Å². The van der Waals surface area contributed by atoms with E-state index < -0.39 is 11.8 Å². The van der Waals surface area contributed by atoms with Gasteiger partial charge in [-0.15, -0.1) is 0 Å². The van der Waals surface area contributed by atoms with Gasteiger partial charge in [-0.1, -0.05) is 30.3 Å². The van der Waals surface area contributed by atoms with E-state index in [1.165, 1.54) is 0 Å². The molecule has 0 bridgehead atoms. The molecular formula is C28H25N3O6. The number of imide groups is 1. The number of nitrogens with zero attached hydrogens (tertiary/aromatic N) is 2. The van der Waals surface area contributed by atoms with Crippen LogP contribution >= 0.6 is 0 Å². The van der Waals surface area contributed by atoms with Crippen LogP contribution in [0.5, 0.6) is 11.5 Å². The van der Waals surface area contributed by atoms with Crippen molar-refractivity contribution in [1.29, 1.82) is 0 Å². The van der Waals surface area contributed by atoms with Crippen LogP contribution in [0.2, 0.25) is 0 Å². The quantitative estimate of drug-likeness (QED) is 0.357. The van der Waals surface area contributed by atoms with E-state index in [2.05, 4.69) is 5.32 Å². The Kier molecular flexibility index (Phi) is 6.85. The van der Waals surface area contributed by atoms with Gasteiger partial charge in [-0.3, -0.25) is 24.1 Å². The number of carbonyl (C=O) groups is 4. The molecule has 1 N–H and O–H groups in total. The van der Waals surface area contributed by atoms with Crippen molar-refractivity contribution in [3.8, 4) is 11.5 Å². The molecule has 2 heterocycles. The zero-order chi connectivity index (χ0) is 25.8. The third-order valence-corrected chi connectivity index (χ3v) is 6.16. The highest BCUT2D eigenvalue weighted by molar-refractivity contribution is 6.21. The van der Waals surface area contributed by atoms with Crippen molar-refractivity contribution in [3.63, 3.8) is 0 Å². The first-order chi connectivity index (χ1) is 18.0. The number of hydrogen-bond acceptors (Lipinski definition) is 6. The Hall–Kier alpha value is -4.66. The molecule has 0 saturated carbocycles. The number of fused-ring (bicyclic) bond motifs is 2. The minimum Gasteiger partial charge on any atom is -0.494 e. The number of amides is 4. The van der Waals surface area contributed by atoms with Crippen LogP contribution in [0.4, 0.5) is 11.4 Å². The van der Waals surface area contributed by atoms with E-state index in [1.807, 2.05) is 30.3 Å². The van der Waals surface area contributed by atoms with Gasteiger partial charge in [-0.05, 0) is 48.9 Å². The summed E-state index contributed by atoms with van der Waals surface area (Å²) in [6, 6.07) is 21.1. The number of anilines is 2. The van der Waals surface area contributed by atoms with Crippen molar-refractivity contribution < 1.29 is 28.7 Å². The van der Waals surface area contributed by atoms with Gasteiger partial charge in [0.15, 0.2) is 6.61 Å². The molecule has 2 aliphatic rings. The number of ether oxygens (including phenoxy) is 2. The molecule has 2 aliphatic heterocycles. The summed E-state index contributed by atoms with van der Waals surface area (Å²) in [6.45, 7) is 0.786. The molecule has 4 amide bonds. The van der Waals surface area contributed by atoms with Crippen LogP contribution in [0.3, 0.4) is 0 Å². The van der Waals surface area contributed by atoms with Gasteiger partial charge in [0.2, 0.25) is 5.91 Å².